The molecule has 0 amide bonds. The van der Waals surface area contributed by atoms with Crippen molar-refractivity contribution in [1.82, 2.24) is 29.2 Å². The number of pyridine rings is 1. The van der Waals surface area contributed by atoms with Gasteiger partial charge < -0.3 is 9.55 Å². The number of rotatable bonds is 6. The average Bonchev–Trinajstić information content (AvgIpc) is 3.49. The number of benzene rings is 1. The number of imidazole rings is 2. The minimum Gasteiger partial charge on any atom is -0.343 e. The number of hydrogen-bond acceptors (Lipinski definition) is 5. The molecule has 1 aromatic carbocycles. The van der Waals surface area contributed by atoms with Crippen LogP contribution in [0.15, 0.2) is 60.3 Å². The first-order chi connectivity index (χ1) is 16.3. The predicted octanol–water partition coefficient (Wildman–Crippen LogP) is 3.62. The van der Waals surface area contributed by atoms with E-state index in [1.807, 2.05) is 0 Å². The molecule has 4 aromatic rings. The molecule has 0 radical (unpaired) electrons. The molecule has 0 saturated heterocycles. The van der Waals surface area contributed by atoms with Crippen LogP contribution in [0.2, 0.25) is 0 Å². The molecule has 5 rings (SSSR count). The lowest BCUT2D eigenvalue weighted by Crippen LogP contribution is -2.28. The van der Waals surface area contributed by atoms with E-state index in [4.69, 9.17) is 0 Å². The Labute approximate surface area is 193 Å². The molecule has 1 aliphatic rings. The highest BCUT2D eigenvalue weighted by Crippen LogP contribution is 2.37. The lowest BCUT2D eigenvalue weighted by Gasteiger charge is -2.26. The molecule has 0 spiro atoms. The first-order valence-electron chi connectivity index (χ1n) is 10.4. The van der Waals surface area contributed by atoms with Gasteiger partial charge in [0.25, 0.3) is 0 Å². The summed E-state index contributed by atoms with van der Waals surface area (Å²) in [4.78, 5) is 15.0. The van der Waals surface area contributed by atoms with Crippen molar-refractivity contribution in [2.24, 2.45) is 0 Å². The van der Waals surface area contributed by atoms with Gasteiger partial charge in [0.15, 0.2) is 12.1 Å². The van der Waals surface area contributed by atoms with Gasteiger partial charge in [0.2, 0.25) is 10.0 Å². The van der Waals surface area contributed by atoms with Crippen LogP contribution in [-0.2, 0) is 23.0 Å². The summed E-state index contributed by atoms with van der Waals surface area (Å²) in [5, 5.41) is 0. The predicted molar refractivity (Wildman–Crippen MR) is 116 cm³/mol. The fourth-order valence-electron chi connectivity index (χ4n) is 4.22. The van der Waals surface area contributed by atoms with Crippen molar-refractivity contribution in [3.8, 4) is 11.5 Å². The summed E-state index contributed by atoms with van der Waals surface area (Å²) in [5.74, 6) is -1.91. The second-order valence-corrected chi connectivity index (χ2v) is 9.62. The highest BCUT2D eigenvalue weighted by atomic mass is 32.2. The Bertz CT molecular complexity index is 1420. The summed E-state index contributed by atoms with van der Waals surface area (Å²) in [6.07, 6.45) is 5.75. The number of sulfonamides is 1. The van der Waals surface area contributed by atoms with Gasteiger partial charge in [-0.1, -0.05) is 0 Å². The zero-order valence-corrected chi connectivity index (χ0v) is 18.4. The van der Waals surface area contributed by atoms with Gasteiger partial charge in [0, 0.05) is 54.1 Å². The van der Waals surface area contributed by atoms with Crippen LogP contribution in [0, 0.1) is 11.6 Å². The molecule has 34 heavy (non-hydrogen) atoms. The van der Waals surface area contributed by atoms with Crippen LogP contribution < -0.4 is 4.72 Å². The maximum Gasteiger partial charge on any atom is 0.244 e. The van der Waals surface area contributed by atoms with Gasteiger partial charge in [-0.25, -0.2) is 31.6 Å². The average molecular weight is 488 g/mol. The molecule has 0 bridgehead atoms. The number of halogens is 3. The maximum atomic E-state index is 15.4. The van der Waals surface area contributed by atoms with Crippen LogP contribution in [0.1, 0.15) is 35.5 Å². The Morgan fingerprint density at radius 1 is 1.18 bits per heavy atom. The van der Waals surface area contributed by atoms with E-state index in [1.54, 1.807) is 28.0 Å². The van der Waals surface area contributed by atoms with Crippen molar-refractivity contribution < 1.29 is 21.6 Å². The molecule has 0 aliphatic carbocycles. The summed E-state index contributed by atoms with van der Waals surface area (Å²) in [6, 6.07) is 4.47. The molecule has 8 nitrogen and oxygen atoms in total. The zero-order chi connectivity index (χ0) is 23.9. The van der Waals surface area contributed by atoms with E-state index in [0.29, 0.717) is 24.4 Å². The molecule has 2 atom stereocenters. The van der Waals surface area contributed by atoms with Crippen LogP contribution in [0.5, 0.6) is 0 Å². The minimum atomic E-state index is -4.30. The Balaban J connectivity index is 1.42. The van der Waals surface area contributed by atoms with Crippen molar-refractivity contribution in [3.63, 3.8) is 0 Å². The Morgan fingerprint density at radius 3 is 2.76 bits per heavy atom. The van der Waals surface area contributed by atoms with Crippen molar-refractivity contribution in [1.29, 1.82) is 0 Å². The number of hydrogen-bond donors (Lipinski definition) is 2. The topological polar surface area (TPSA) is 106 Å². The second kappa shape index (κ2) is 8.69. The fourth-order valence-corrected chi connectivity index (χ4v) is 5.22. The lowest BCUT2D eigenvalue weighted by atomic mass is 9.88. The normalized spacial score (nSPS) is 16.9. The number of alkyl halides is 1. The van der Waals surface area contributed by atoms with Gasteiger partial charge in [0.05, 0.1) is 6.33 Å². The third-order valence-corrected chi connectivity index (χ3v) is 7.24. The van der Waals surface area contributed by atoms with Crippen molar-refractivity contribution in [2.45, 2.75) is 36.5 Å². The summed E-state index contributed by atoms with van der Waals surface area (Å²) < 4.78 is 73.5. The summed E-state index contributed by atoms with van der Waals surface area (Å²) in [6.45, 7) is 0.235. The van der Waals surface area contributed by atoms with E-state index in [9.17, 15) is 17.2 Å². The van der Waals surface area contributed by atoms with Gasteiger partial charge in [-0.2, -0.15) is 4.72 Å². The quantitative estimate of drug-likeness (QED) is 0.404. The fraction of sp³-hybridized carbons (Fsp3) is 0.227. The van der Waals surface area contributed by atoms with Crippen molar-refractivity contribution >= 4 is 10.0 Å². The van der Waals surface area contributed by atoms with Gasteiger partial charge >= 0.3 is 0 Å². The van der Waals surface area contributed by atoms with E-state index in [1.165, 1.54) is 18.3 Å². The summed E-state index contributed by atoms with van der Waals surface area (Å²) >= 11 is 0. The second-order valence-electron chi connectivity index (χ2n) is 7.90. The Kier molecular flexibility index (Phi) is 5.70. The maximum absolute atomic E-state index is 15.4. The molecular weight excluding hydrogens is 469 g/mol. The largest absolute Gasteiger partial charge is 0.343 e. The van der Waals surface area contributed by atoms with Crippen LogP contribution in [-0.4, -0.2) is 32.9 Å². The first-order valence-corrected chi connectivity index (χ1v) is 11.9. The number of H-pyrrole nitrogens is 1. The third-order valence-electron chi connectivity index (χ3n) is 5.86. The van der Waals surface area contributed by atoms with Gasteiger partial charge in [-0.15, -0.1) is 0 Å². The summed E-state index contributed by atoms with van der Waals surface area (Å²) in [5.41, 5.74) is 0.693. The Hall–Kier alpha value is -3.51. The van der Waals surface area contributed by atoms with Gasteiger partial charge in [-0.05, 0) is 37.1 Å². The van der Waals surface area contributed by atoms with E-state index in [2.05, 4.69) is 19.9 Å². The molecule has 3 aromatic heterocycles. The molecule has 1 aliphatic heterocycles. The van der Waals surface area contributed by atoms with Crippen LogP contribution in [0.3, 0.4) is 0 Å². The van der Waals surface area contributed by atoms with E-state index in [-0.39, 0.29) is 17.0 Å². The summed E-state index contributed by atoms with van der Waals surface area (Å²) in [7, 11) is -4.30. The molecule has 0 saturated carbocycles. The standard InChI is InChI=1S/C22H19F3N6O2S/c23-16-5-4-15(21(25)30-34(32,33)14-2-1-7-26-10-14)19(24)18(16)13-3-6-17-20(22-27-8-9-28-22)29-12-31(17)11-13/h1-2,4-5,7-10,12-13,21,30H,3,6,11H2,(H,27,28)/t13-,21?/m1/s1. The zero-order valence-electron chi connectivity index (χ0n) is 17.6. The number of aromatic amines is 1. The molecule has 0 fully saturated rings. The lowest BCUT2D eigenvalue weighted by molar-refractivity contribution is 0.309. The molecule has 1 unspecified atom stereocenters. The van der Waals surface area contributed by atoms with Crippen LogP contribution in [0.4, 0.5) is 13.2 Å². The first kappa shape index (κ1) is 22.3. The third kappa shape index (κ3) is 3.99. The van der Waals surface area contributed by atoms with Gasteiger partial charge in [0.1, 0.15) is 22.2 Å². The number of nitrogens with zero attached hydrogens (tertiary/aromatic N) is 4. The molecule has 12 heteroatoms. The monoisotopic (exact) mass is 488 g/mol. The van der Waals surface area contributed by atoms with Gasteiger partial charge in [-0.3, -0.25) is 4.98 Å². The van der Waals surface area contributed by atoms with Crippen molar-refractivity contribution in [3.05, 3.63) is 83.8 Å². The molecule has 2 N–H and O–H groups in total. The van der Waals surface area contributed by atoms with E-state index < -0.39 is 39.4 Å². The molecular formula is C22H19F3N6O2S. The number of aromatic nitrogens is 5. The van der Waals surface area contributed by atoms with Crippen molar-refractivity contribution in [2.75, 3.05) is 0 Å². The highest BCUT2D eigenvalue weighted by Gasteiger charge is 2.31. The molecule has 4 heterocycles. The Morgan fingerprint density at radius 2 is 2.03 bits per heavy atom. The smallest absolute Gasteiger partial charge is 0.244 e. The van der Waals surface area contributed by atoms with E-state index >= 15 is 4.39 Å². The minimum absolute atomic E-state index is 0.235. The van der Waals surface area contributed by atoms with E-state index in [0.717, 1.165) is 24.0 Å². The highest BCUT2D eigenvalue weighted by molar-refractivity contribution is 7.89. The number of fused-ring (bicyclic) bond motifs is 1. The number of nitrogens with one attached hydrogen (secondary N) is 2. The molecule has 176 valence electrons. The van der Waals surface area contributed by atoms with Crippen LogP contribution in [0.25, 0.3) is 11.5 Å². The van der Waals surface area contributed by atoms with Crippen LogP contribution >= 0.6 is 0 Å². The SMILES string of the molecule is O=S(=O)(NC(F)c1ccc(F)c([C@@H]2CCc3c(-c4ncc[nH]4)ncn3C2)c1F)c1cccnc1.